The lowest BCUT2D eigenvalue weighted by molar-refractivity contribution is -0.116. The molecule has 0 saturated carbocycles. The lowest BCUT2D eigenvalue weighted by Gasteiger charge is -2.34. The normalized spacial score (nSPS) is 19.6. The number of allylic oxidation sites excluding steroid dienone is 2. The number of aromatic nitrogens is 2. The number of nitrogens with one attached hydrogen (secondary N) is 2. The van der Waals surface area contributed by atoms with Gasteiger partial charge in [0.2, 0.25) is 5.95 Å². The molecule has 0 amide bonds. The Morgan fingerprint density at radius 1 is 1.08 bits per heavy atom. The van der Waals surface area contributed by atoms with Gasteiger partial charge < -0.3 is 19.7 Å². The molecular formula is C28H36N4O4. The number of benzene rings is 1. The van der Waals surface area contributed by atoms with Gasteiger partial charge >= 0.3 is 0 Å². The van der Waals surface area contributed by atoms with Crippen LogP contribution in [0.3, 0.4) is 0 Å². The fourth-order valence-corrected chi connectivity index (χ4v) is 5.43. The maximum Gasteiger partial charge on any atom is 0.258 e. The minimum absolute atomic E-state index is 0.0788. The number of ketones is 1. The van der Waals surface area contributed by atoms with Crippen molar-refractivity contribution in [3.63, 3.8) is 0 Å². The molecule has 8 heteroatoms. The van der Waals surface area contributed by atoms with E-state index < -0.39 is 5.92 Å². The van der Waals surface area contributed by atoms with E-state index >= 15 is 0 Å². The van der Waals surface area contributed by atoms with E-state index in [0.717, 1.165) is 56.5 Å². The Morgan fingerprint density at radius 2 is 1.89 bits per heavy atom. The van der Waals surface area contributed by atoms with E-state index in [4.69, 9.17) is 14.5 Å². The van der Waals surface area contributed by atoms with Gasteiger partial charge in [0.25, 0.3) is 5.56 Å². The van der Waals surface area contributed by atoms with Crippen LogP contribution in [0.25, 0.3) is 0 Å². The molecule has 1 atom stereocenters. The number of ether oxygens (including phenoxy) is 2. The SMILES string of the molecule is COc1cc([C@@H]2C3=C(CCCC3=O)Nc3nc(N4CCCCC4)[nH]c(=O)c32)ccc1OCCC(C)C. The molecule has 3 aliphatic rings. The van der Waals surface area contributed by atoms with Crippen molar-refractivity contribution in [3.8, 4) is 11.5 Å². The van der Waals surface area contributed by atoms with Crippen molar-refractivity contribution in [2.24, 2.45) is 5.92 Å². The van der Waals surface area contributed by atoms with Gasteiger partial charge in [0, 0.05) is 36.7 Å². The lowest BCUT2D eigenvalue weighted by Crippen LogP contribution is -2.36. The predicted molar refractivity (Wildman–Crippen MR) is 140 cm³/mol. The largest absolute Gasteiger partial charge is 0.493 e. The number of hydrogen-bond acceptors (Lipinski definition) is 7. The summed E-state index contributed by atoms with van der Waals surface area (Å²) in [4.78, 5) is 36.8. The summed E-state index contributed by atoms with van der Waals surface area (Å²) in [7, 11) is 1.61. The number of H-pyrrole nitrogens is 1. The van der Waals surface area contributed by atoms with Gasteiger partial charge in [0.15, 0.2) is 17.3 Å². The Kier molecular flexibility index (Phi) is 7.03. The molecule has 1 fully saturated rings. The quantitative estimate of drug-likeness (QED) is 0.575. The Balaban J connectivity index is 1.57. The number of piperidine rings is 1. The van der Waals surface area contributed by atoms with E-state index in [1.807, 2.05) is 18.2 Å². The molecule has 0 bridgehead atoms. The first-order chi connectivity index (χ1) is 17.5. The van der Waals surface area contributed by atoms with Crippen LogP contribution in [0, 0.1) is 5.92 Å². The van der Waals surface area contributed by atoms with Crippen molar-refractivity contribution in [2.45, 2.75) is 64.7 Å². The molecule has 1 aromatic carbocycles. The molecule has 36 heavy (non-hydrogen) atoms. The number of anilines is 2. The highest BCUT2D eigenvalue weighted by Gasteiger charge is 2.38. The molecule has 0 radical (unpaired) electrons. The number of carbonyl (C=O) groups excluding carboxylic acids is 1. The smallest absolute Gasteiger partial charge is 0.258 e. The first kappa shape index (κ1) is 24.4. The number of methoxy groups -OCH3 is 1. The Labute approximate surface area is 212 Å². The monoisotopic (exact) mass is 492 g/mol. The van der Waals surface area contributed by atoms with Gasteiger partial charge in [-0.15, -0.1) is 0 Å². The highest BCUT2D eigenvalue weighted by molar-refractivity contribution is 6.01. The van der Waals surface area contributed by atoms with Crippen molar-refractivity contribution in [3.05, 3.63) is 50.9 Å². The summed E-state index contributed by atoms with van der Waals surface area (Å²) < 4.78 is 11.6. The average Bonchev–Trinajstić information content (AvgIpc) is 2.88. The van der Waals surface area contributed by atoms with Gasteiger partial charge in [-0.25, -0.2) is 0 Å². The zero-order valence-electron chi connectivity index (χ0n) is 21.5. The molecule has 2 aliphatic heterocycles. The van der Waals surface area contributed by atoms with Crippen molar-refractivity contribution in [2.75, 3.05) is 37.0 Å². The summed E-state index contributed by atoms with van der Waals surface area (Å²) in [5.74, 6) is 2.52. The van der Waals surface area contributed by atoms with Crippen LogP contribution in [-0.2, 0) is 4.79 Å². The van der Waals surface area contributed by atoms with Crippen molar-refractivity contribution < 1.29 is 14.3 Å². The van der Waals surface area contributed by atoms with E-state index in [1.165, 1.54) is 6.42 Å². The average molecular weight is 493 g/mol. The summed E-state index contributed by atoms with van der Waals surface area (Å²) in [5.41, 5.74) is 2.65. The Bertz CT molecular complexity index is 1230. The summed E-state index contributed by atoms with van der Waals surface area (Å²) >= 11 is 0. The molecule has 1 saturated heterocycles. The fraction of sp³-hybridized carbons (Fsp3) is 0.536. The first-order valence-corrected chi connectivity index (χ1v) is 13.2. The van der Waals surface area contributed by atoms with Crippen LogP contribution in [0.2, 0.25) is 0 Å². The molecule has 1 aliphatic carbocycles. The van der Waals surface area contributed by atoms with Gasteiger partial charge in [0.1, 0.15) is 5.82 Å². The maximum absolute atomic E-state index is 13.6. The zero-order valence-corrected chi connectivity index (χ0v) is 21.5. The van der Waals surface area contributed by atoms with E-state index in [1.54, 1.807) is 7.11 Å². The van der Waals surface area contributed by atoms with Crippen LogP contribution in [-0.4, -0.2) is 42.6 Å². The molecule has 0 unspecified atom stereocenters. The van der Waals surface area contributed by atoms with Crippen LogP contribution in [0.5, 0.6) is 11.5 Å². The summed E-state index contributed by atoms with van der Waals surface area (Å²) in [6.45, 7) is 6.68. The van der Waals surface area contributed by atoms with Crippen molar-refractivity contribution in [1.82, 2.24) is 9.97 Å². The summed E-state index contributed by atoms with van der Waals surface area (Å²) in [6, 6.07) is 5.72. The number of nitrogens with zero attached hydrogens (tertiary/aromatic N) is 2. The van der Waals surface area contributed by atoms with E-state index in [2.05, 4.69) is 29.0 Å². The zero-order chi connectivity index (χ0) is 25.2. The van der Waals surface area contributed by atoms with Crippen molar-refractivity contribution >= 4 is 17.5 Å². The number of carbonyl (C=O) groups is 1. The summed E-state index contributed by atoms with van der Waals surface area (Å²) in [6.07, 6.45) is 6.36. The third-order valence-corrected chi connectivity index (χ3v) is 7.37. The summed E-state index contributed by atoms with van der Waals surface area (Å²) in [5, 5.41) is 3.37. The second-order valence-electron chi connectivity index (χ2n) is 10.4. The van der Waals surface area contributed by atoms with E-state index in [9.17, 15) is 9.59 Å². The molecule has 0 spiro atoms. The van der Waals surface area contributed by atoms with Gasteiger partial charge in [-0.05, 0) is 62.1 Å². The standard InChI is InChI=1S/C28H36N4O4/c1-17(2)12-15-36-21-11-10-18(16-22(21)35-3)23-24-19(8-7-9-20(24)33)29-26-25(23)27(34)31-28(30-26)32-13-5-4-6-14-32/h10-11,16-17,23H,4-9,12-15H2,1-3H3,(H2,29,30,31,34)/t23-/m1/s1. The second kappa shape index (κ2) is 10.4. The van der Waals surface area contributed by atoms with Crippen LogP contribution in [0.1, 0.15) is 75.8 Å². The number of fused-ring (bicyclic) bond motifs is 1. The molecule has 192 valence electrons. The molecule has 3 heterocycles. The van der Waals surface area contributed by atoms with Crippen LogP contribution in [0.4, 0.5) is 11.8 Å². The molecule has 8 nitrogen and oxygen atoms in total. The molecule has 2 aromatic rings. The van der Waals surface area contributed by atoms with Crippen LogP contribution >= 0.6 is 0 Å². The third-order valence-electron chi connectivity index (χ3n) is 7.37. The molecule has 2 N–H and O–H groups in total. The van der Waals surface area contributed by atoms with Crippen molar-refractivity contribution in [1.29, 1.82) is 0 Å². The molecule has 1 aromatic heterocycles. The van der Waals surface area contributed by atoms with Crippen LogP contribution < -0.4 is 25.2 Å². The highest BCUT2D eigenvalue weighted by Crippen LogP contribution is 2.45. The second-order valence-corrected chi connectivity index (χ2v) is 10.4. The van der Waals surface area contributed by atoms with Gasteiger partial charge in [-0.3, -0.25) is 14.6 Å². The molecule has 5 rings (SSSR count). The van der Waals surface area contributed by atoms with E-state index in [0.29, 0.717) is 53.3 Å². The number of aromatic amines is 1. The lowest BCUT2D eigenvalue weighted by atomic mass is 9.76. The Morgan fingerprint density at radius 3 is 2.64 bits per heavy atom. The van der Waals surface area contributed by atoms with Gasteiger partial charge in [0.05, 0.1) is 19.3 Å². The minimum Gasteiger partial charge on any atom is -0.493 e. The topological polar surface area (TPSA) is 96.5 Å². The third kappa shape index (κ3) is 4.73. The van der Waals surface area contributed by atoms with Gasteiger partial charge in [-0.2, -0.15) is 4.98 Å². The molecular weight excluding hydrogens is 456 g/mol. The number of hydrogen-bond donors (Lipinski definition) is 2. The highest BCUT2D eigenvalue weighted by atomic mass is 16.5. The minimum atomic E-state index is -0.505. The van der Waals surface area contributed by atoms with Gasteiger partial charge in [-0.1, -0.05) is 19.9 Å². The van der Waals surface area contributed by atoms with Crippen LogP contribution in [0.15, 0.2) is 34.3 Å². The Hall–Kier alpha value is -3.29. The fourth-order valence-electron chi connectivity index (χ4n) is 5.43. The van der Waals surface area contributed by atoms with E-state index in [-0.39, 0.29) is 11.3 Å². The maximum atomic E-state index is 13.6. The first-order valence-electron chi connectivity index (χ1n) is 13.2. The number of rotatable bonds is 7. The number of Topliss-reactive ketones (excluding diaryl/α,β-unsaturated/α-hetero) is 1. The predicted octanol–water partition coefficient (Wildman–Crippen LogP) is 4.76.